The molecule has 0 radical (unpaired) electrons. The van der Waals surface area contributed by atoms with E-state index in [0.29, 0.717) is 23.7 Å². The maximum atomic E-state index is 5.34. The van der Waals surface area contributed by atoms with Gasteiger partial charge in [0.15, 0.2) is 0 Å². The van der Waals surface area contributed by atoms with Crippen molar-refractivity contribution in [1.29, 1.82) is 0 Å². The van der Waals surface area contributed by atoms with E-state index in [2.05, 4.69) is 109 Å². The van der Waals surface area contributed by atoms with Crippen molar-refractivity contribution in [3.8, 4) is 0 Å². The average Bonchev–Trinajstić information content (AvgIpc) is 2.85. The Morgan fingerprint density at radius 1 is 0.375 bits per heavy atom. The van der Waals surface area contributed by atoms with Crippen LogP contribution in [0.2, 0.25) is 0 Å². The van der Waals surface area contributed by atoms with Crippen molar-refractivity contribution in [3.05, 3.63) is 143 Å². The number of hydrogen-bond acceptors (Lipinski definition) is 2. The van der Waals surface area contributed by atoms with Crippen LogP contribution in [-0.4, -0.2) is 0 Å². The molecule has 2 aliphatic heterocycles. The first-order chi connectivity index (χ1) is 15.9. The van der Waals surface area contributed by atoms with Gasteiger partial charge in [0.1, 0.15) is 11.1 Å². The highest BCUT2D eigenvalue weighted by Crippen LogP contribution is 2.82. The lowest BCUT2D eigenvalue weighted by molar-refractivity contribution is -0.00688. The van der Waals surface area contributed by atoms with Crippen LogP contribution in [-0.2, 0) is 11.1 Å². The number of azo groups is 1. The van der Waals surface area contributed by atoms with Gasteiger partial charge in [0, 0.05) is 23.7 Å². The third-order valence-electron chi connectivity index (χ3n) is 8.75. The molecule has 2 unspecified atom stereocenters. The Hall–Kier alpha value is -3.52. The molecule has 152 valence electrons. The van der Waals surface area contributed by atoms with E-state index in [-0.39, 0.29) is 11.1 Å². The number of fused-ring (bicyclic) bond motifs is 2. The second-order valence-corrected chi connectivity index (χ2v) is 9.75. The van der Waals surface area contributed by atoms with Gasteiger partial charge in [-0.15, -0.1) is 0 Å². The first-order valence-corrected chi connectivity index (χ1v) is 11.6. The van der Waals surface area contributed by atoms with Crippen molar-refractivity contribution in [2.45, 2.75) is 34.7 Å². The van der Waals surface area contributed by atoms with Gasteiger partial charge in [0.25, 0.3) is 0 Å². The Kier molecular flexibility index (Phi) is 3.01. The van der Waals surface area contributed by atoms with Crippen LogP contribution in [0.4, 0.5) is 0 Å². The van der Waals surface area contributed by atoms with Gasteiger partial charge in [-0.3, -0.25) is 0 Å². The average molecular weight is 411 g/mol. The van der Waals surface area contributed by atoms with Crippen LogP contribution < -0.4 is 0 Å². The lowest BCUT2D eigenvalue weighted by Gasteiger charge is -2.71. The molecule has 5 aliphatic rings. The summed E-state index contributed by atoms with van der Waals surface area (Å²) in [6.07, 6.45) is 0. The summed E-state index contributed by atoms with van der Waals surface area (Å²) < 4.78 is 0. The highest BCUT2D eigenvalue weighted by Gasteiger charge is 2.77. The Bertz CT molecular complexity index is 1240. The largest absolute Gasteiger partial charge is 0.180 e. The van der Waals surface area contributed by atoms with Crippen molar-refractivity contribution < 1.29 is 0 Å². The predicted octanol–water partition coefficient (Wildman–Crippen LogP) is 7.02. The smallest absolute Gasteiger partial charge is 0.121 e. The highest BCUT2D eigenvalue weighted by molar-refractivity contribution is 5.66. The fourth-order valence-corrected chi connectivity index (χ4v) is 7.69. The van der Waals surface area contributed by atoms with Gasteiger partial charge in [0.05, 0.1) is 0 Å². The van der Waals surface area contributed by atoms with E-state index >= 15 is 0 Å². The van der Waals surface area contributed by atoms with Gasteiger partial charge in [-0.2, -0.15) is 10.2 Å². The Labute approximate surface area is 187 Å². The molecular weight excluding hydrogens is 388 g/mol. The molecule has 4 aromatic rings. The van der Waals surface area contributed by atoms with Crippen LogP contribution in [0.5, 0.6) is 0 Å². The van der Waals surface area contributed by atoms with Crippen LogP contribution in [0.1, 0.15) is 57.1 Å². The summed E-state index contributed by atoms with van der Waals surface area (Å²) in [6, 6.07) is 40.0. The molecule has 1 fully saturated rings. The van der Waals surface area contributed by atoms with E-state index in [1.54, 1.807) is 0 Å². The topological polar surface area (TPSA) is 24.7 Å². The Morgan fingerprint density at radius 2 is 0.656 bits per heavy atom. The highest BCUT2D eigenvalue weighted by atomic mass is 15.3. The summed E-state index contributed by atoms with van der Waals surface area (Å²) in [5.41, 5.74) is 7.78. The minimum Gasteiger partial charge on any atom is -0.180 e. The molecule has 2 nitrogen and oxygen atoms in total. The zero-order valence-corrected chi connectivity index (χ0v) is 17.6. The number of nitrogens with zero attached hydrogens (tertiary/aromatic N) is 2. The van der Waals surface area contributed by atoms with Crippen molar-refractivity contribution >= 4 is 0 Å². The molecule has 32 heavy (non-hydrogen) atoms. The molecule has 4 aromatic carbocycles. The minimum absolute atomic E-state index is 0.337. The molecule has 1 saturated carbocycles. The second-order valence-electron chi connectivity index (χ2n) is 9.75. The zero-order chi connectivity index (χ0) is 20.9. The van der Waals surface area contributed by atoms with E-state index in [1.807, 2.05) is 0 Å². The standard InChI is InChI=1S/C30H22N2/c1-3-11-19(12-4-1)29-25-21-15-7-9-17-23(21)27(25)30(32-31-29,20-13-5-2-6-14-20)28-24-18-10-8-16-22(24)26(28)29/h1-18,25-28H/t25-,26-,27-,28+,29?,30?/m1/s1. The normalized spacial score (nSPS) is 34.4. The lowest BCUT2D eigenvalue weighted by Crippen LogP contribution is -2.66. The van der Waals surface area contributed by atoms with Crippen molar-refractivity contribution in [2.24, 2.45) is 10.2 Å². The summed E-state index contributed by atoms with van der Waals surface area (Å²) in [4.78, 5) is 0. The van der Waals surface area contributed by atoms with E-state index in [9.17, 15) is 0 Å². The van der Waals surface area contributed by atoms with Gasteiger partial charge in [-0.1, -0.05) is 109 Å². The van der Waals surface area contributed by atoms with Gasteiger partial charge in [0.2, 0.25) is 0 Å². The lowest BCUT2D eigenvalue weighted by atomic mass is 9.34. The molecule has 0 spiro atoms. The van der Waals surface area contributed by atoms with Crippen LogP contribution >= 0.6 is 0 Å². The van der Waals surface area contributed by atoms with E-state index in [0.717, 1.165) is 0 Å². The van der Waals surface area contributed by atoms with Crippen molar-refractivity contribution in [2.75, 3.05) is 0 Å². The van der Waals surface area contributed by atoms with Gasteiger partial charge >= 0.3 is 0 Å². The Morgan fingerprint density at radius 3 is 0.969 bits per heavy atom. The fourth-order valence-electron chi connectivity index (χ4n) is 7.69. The molecule has 3 aliphatic carbocycles. The van der Waals surface area contributed by atoms with Crippen LogP contribution in [0.15, 0.2) is 119 Å². The van der Waals surface area contributed by atoms with Crippen molar-refractivity contribution in [3.63, 3.8) is 0 Å². The third-order valence-corrected chi connectivity index (χ3v) is 8.75. The van der Waals surface area contributed by atoms with E-state index in [1.165, 1.54) is 33.4 Å². The van der Waals surface area contributed by atoms with Gasteiger partial charge in [-0.05, 0) is 33.4 Å². The third kappa shape index (κ3) is 1.67. The summed E-state index contributed by atoms with van der Waals surface area (Å²) in [6.45, 7) is 0. The summed E-state index contributed by atoms with van der Waals surface area (Å²) in [7, 11) is 0. The molecule has 0 N–H and O–H groups in total. The molecule has 2 heterocycles. The predicted molar refractivity (Wildman–Crippen MR) is 125 cm³/mol. The molecule has 0 aromatic heterocycles. The molecule has 2 bridgehead atoms. The van der Waals surface area contributed by atoms with Crippen LogP contribution in [0, 0.1) is 0 Å². The maximum absolute atomic E-state index is 5.34. The molecule has 9 rings (SSSR count). The monoisotopic (exact) mass is 410 g/mol. The summed E-state index contributed by atoms with van der Waals surface area (Å²) >= 11 is 0. The molecule has 0 amide bonds. The quantitative estimate of drug-likeness (QED) is 0.339. The van der Waals surface area contributed by atoms with E-state index < -0.39 is 0 Å². The van der Waals surface area contributed by atoms with Crippen LogP contribution in [0.25, 0.3) is 0 Å². The maximum Gasteiger partial charge on any atom is 0.121 e. The van der Waals surface area contributed by atoms with Crippen LogP contribution in [0.3, 0.4) is 0 Å². The SMILES string of the molecule is c1ccc(C23N=NC(c4ccccc4)([C@@H]4c5ccccc5[C@H]42)[C@H]2c4ccccc4[C@H]23)cc1. The van der Waals surface area contributed by atoms with E-state index in [4.69, 9.17) is 10.2 Å². The van der Waals surface area contributed by atoms with Gasteiger partial charge < -0.3 is 0 Å². The summed E-state index contributed by atoms with van der Waals surface area (Å²) in [5, 5.41) is 10.7. The van der Waals surface area contributed by atoms with Gasteiger partial charge in [-0.25, -0.2) is 0 Å². The number of benzene rings is 4. The first kappa shape index (κ1) is 17.1. The number of hydrogen-bond donors (Lipinski definition) is 0. The molecule has 0 saturated heterocycles. The fraction of sp³-hybridized carbons (Fsp3) is 0.200. The molecule has 2 heteroatoms. The number of rotatable bonds is 2. The first-order valence-electron chi connectivity index (χ1n) is 11.6. The summed E-state index contributed by atoms with van der Waals surface area (Å²) in [5.74, 6) is 1.36. The van der Waals surface area contributed by atoms with Crippen molar-refractivity contribution in [1.82, 2.24) is 0 Å². The minimum atomic E-state index is -0.337. The second kappa shape index (κ2) is 5.63. The Balaban J connectivity index is 1.51. The molecular formula is C30H22N2. The molecule has 6 atom stereocenters. The zero-order valence-electron chi connectivity index (χ0n) is 17.6.